The molecule has 1 N–H and O–H groups in total. The molecule has 2 heterocycles. The van der Waals surface area contributed by atoms with Gasteiger partial charge in [0.05, 0.1) is 13.1 Å². The van der Waals surface area contributed by atoms with Crippen LogP contribution >= 0.6 is 0 Å². The van der Waals surface area contributed by atoms with Gasteiger partial charge in [0.15, 0.2) is 0 Å². The standard InChI is InChI=1S/C15H26N2O/c1-11(2)16-8-14-5-6-15(18-14)10-17-9-12(3)7-13(17)4/h5-6,11-13,16H,7-10H2,1-4H3. The van der Waals surface area contributed by atoms with Crippen molar-refractivity contribution in [2.45, 2.75) is 59.3 Å². The van der Waals surface area contributed by atoms with Gasteiger partial charge in [-0.1, -0.05) is 20.8 Å². The van der Waals surface area contributed by atoms with Crippen LogP contribution < -0.4 is 5.32 Å². The molecule has 0 bridgehead atoms. The first-order valence-electron chi connectivity index (χ1n) is 7.09. The molecule has 0 radical (unpaired) electrons. The molecule has 1 fully saturated rings. The predicted molar refractivity (Wildman–Crippen MR) is 74.3 cm³/mol. The maximum absolute atomic E-state index is 5.88. The molecule has 18 heavy (non-hydrogen) atoms. The van der Waals surface area contributed by atoms with Crippen LogP contribution in [-0.4, -0.2) is 23.5 Å². The van der Waals surface area contributed by atoms with E-state index in [4.69, 9.17) is 4.42 Å². The summed E-state index contributed by atoms with van der Waals surface area (Å²) in [5, 5.41) is 3.38. The third-order valence-electron chi connectivity index (χ3n) is 3.67. The molecule has 0 saturated carbocycles. The van der Waals surface area contributed by atoms with Gasteiger partial charge in [-0.3, -0.25) is 4.90 Å². The molecule has 3 nitrogen and oxygen atoms in total. The average Bonchev–Trinajstić information content (AvgIpc) is 2.84. The summed E-state index contributed by atoms with van der Waals surface area (Å²) in [7, 11) is 0. The highest BCUT2D eigenvalue weighted by atomic mass is 16.3. The second kappa shape index (κ2) is 5.89. The van der Waals surface area contributed by atoms with Gasteiger partial charge in [0, 0.05) is 18.6 Å². The monoisotopic (exact) mass is 250 g/mol. The molecule has 1 aliphatic rings. The highest BCUT2D eigenvalue weighted by Gasteiger charge is 2.26. The Labute approximate surface area is 111 Å². The van der Waals surface area contributed by atoms with Crippen molar-refractivity contribution in [2.24, 2.45) is 5.92 Å². The Bertz CT molecular complexity index is 372. The summed E-state index contributed by atoms with van der Waals surface area (Å²) in [6.07, 6.45) is 1.31. The van der Waals surface area contributed by atoms with E-state index in [-0.39, 0.29) is 0 Å². The van der Waals surface area contributed by atoms with Crippen molar-refractivity contribution in [3.05, 3.63) is 23.7 Å². The minimum atomic E-state index is 0.498. The summed E-state index contributed by atoms with van der Waals surface area (Å²) < 4.78 is 5.88. The van der Waals surface area contributed by atoms with Crippen LogP contribution in [0, 0.1) is 5.92 Å². The average molecular weight is 250 g/mol. The van der Waals surface area contributed by atoms with Crippen molar-refractivity contribution in [3.63, 3.8) is 0 Å². The van der Waals surface area contributed by atoms with Gasteiger partial charge < -0.3 is 9.73 Å². The van der Waals surface area contributed by atoms with E-state index in [0.717, 1.165) is 30.5 Å². The number of hydrogen-bond donors (Lipinski definition) is 1. The molecule has 1 aromatic rings. The van der Waals surface area contributed by atoms with Crippen molar-refractivity contribution in [1.82, 2.24) is 10.2 Å². The molecule has 0 spiro atoms. The van der Waals surface area contributed by atoms with Gasteiger partial charge >= 0.3 is 0 Å². The van der Waals surface area contributed by atoms with Gasteiger partial charge in [-0.15, -0.1) is 0 Å². The van der Waals surface area contributed by atoms with Crippen molar-refractivity contribution in [2.75, 3.05) is 6.54 Å². The van der Waals surface area contributed by atoms with Gasteiger partial charge in [-0.2, -0.15) is 0 Å². The number of hydrogen-bond acceptors (Lipinski definition) is 3. The number of nitrogens with one attached hydrogen (secondary N) is 1. The Morgan fingerprint density at radius 1 is 1.33 bits per heavy atom. The summed E-state index contributed by atoms with van der Waals surface area (Å²) in [6.45, 7) is 11.9. The molecular formula is C15H26N2O. The first kappa shape index (κ1) is 13.6. The number of furan rings is 1. The molecule has 102 valence electrons. The van der Waals surface area contributed by atoms with E-state index in [1.165, 1.54) is 13.0 Å². The zero-order chi connectivity index (χ0) is 13.1. The zero-order valence-corrected chi connectivity index (χ0v) is 12.1. The molecule has 3 heteroatoms. The summed E-state index contributed by atoms with van der Waals surface area (Å²) in [4.78, 5) is 2.52. The van der Waals surface area contributed by atoms with E-state index >= 15 is 0 Å². The predicted octanol–water partition coefficient (Wildman–Crippen LogP) is 3.01. The van der Waals surface area contributed by atoms with Crippen LogP contribution in [0.5, 0.6) is 0 Å². The maximum atomic E-state index is 5.88. The Hall–Kier alpha value is -0.800. The molecule has 1 aliphatic heterocycles. The fourth-order valence-electron chi connectivity index (χ4n) is 2.71. The second-order valence-electron chi connectivity index (χ2n) is 6.02. The van der Waals surface area contributed by atoms with Gasteiger partial charge in [-0.25, -0.2) is 0 Å². The lowest BCUT2D eigenvalue weighted by molar-refractivity contribution is 0.232. The van der Waals surface area contributed by atoms with Crippen molar-refractivity contribution >= 4 is 0 Å². The molecule has 2 unspecified atom stereocenters. The summed E-state index contributed by atoms with van der Waals surface area (Å²) in [5.41, 5.74) is 0. The molecule has 2 rings (SSSR count). The van der Waals surface area contributed by atoms with Crippen LogP contribution in [0.25, 0.3) is 0 Å². The lowest BCUT2D eigenvalue weighted by atomic mass is 10.1. The number of rotatable bonds is 5. The zero-order valence-electron chi connectivity index (χ0n) is 12.1. The minimum absolute atomic E-state index is 0.498. The number of likely N-dealkylation sites (tertiary alicyclic amines) is 1. The van der Waals surface area contributed by atoms with Crippen LogP contribution in [0.4, 0.5) is 0 Å². The Balaban J connectivity index is 1.86. The quantitative estimate of drug-likeness (QED) is 0.871. The highest BCUT2D eigenvalue weighted by Crippen LogP contribution is 2.24. The third-order valence-corrected chi connectivity index (χ3v) is 3.67. The Morgan fingerprint density at radius 3 is 2.67 bits per heavy atom. The van der Waals surface area contributed by atoms with Crippen LogP contribution in [0.15, 0.2) is 16.5 Å². The number of nitrogens with zero attached hydrogens (tertiary/aromatic N) is 1. The van der Waals surface area contributed by atoms with E-state index in [1.54, 1.807) is 0 Å². The van der Waals surface area contributed by atoms with Gasteiger partial charge in [-0.05, 0) is 31.4 Å². The van der Waals surface area contributed by atoms with Gasteiger partial charge in [0.25, 0.3) is 0 Å². The first-order chi connectivity index (χ1) is 8.54. The summed E-state index contributed by atoms with van der Waals surface area (Å²) in [5.74, 6) is 2.95. The molecule has 1 aromatic heterocycles. The minimum Gasteiger partial charge on any atom is -0.463 e. The molecule has 2 atom stereocenters. The molecule has 1 saturated heterocycles. The summed E-state index contributed by atoms with van der Waals surface area (Å²) in [6, 6.07) is 5.39. The van der Waals surface area contributed by atoms with Crippen LogP contribution in [0.2, 0.25) is 0 Å². The topological polar surface area (TPSA) is 28.4 Å². The molecule has 0 aromatic carbocycles. The lowest BCUT2D eigenvalue weighted by Gasteiger charge is -2.19. The lowest BCUT2D eigenvalue weighted by Crippen LogP contribution is -2.26. The van der Waals surface area contributed by atoms with E-state index in [1.807, 2.05) is 0 Å². The third kappa shape index (κ3) is 3.59. The smallest absolute Gasteiger partial charge is 0.118 e. The Kier molecular flexibility index (Phi) is 4.46. The van der Waals surface area contributed by atoms with Gasteiger partial charge in [0.2, 0.25) is 0 Å². The molecule has 0 amide bonds. The maximum Gasteiger partial charge on any atom is 0.118 e. The fourth-order valence-corrected chi connectivity index (χ4v) is 2.71. The summed E-state index contributed by atoms with van der Waals surface area (Å²) >= 11 is 0. The molecule has 0 aliphatic carbocycles. The van der Waals surface area contributed by atoms with E-state index in [2.05, 4.69) is 50.0 Å². The Morgan fingerprint density at radius 2 is 2.06 bits per heavy atom. The largest absolute Gasteiger partial charge is 0.463 e. The van der Waals surface area contributed by atoms with Gasteiger partial charge in [0.1, 0.15) is 11.5 Å². The second-order valence-corrected chi connectivity index (χ2v) is 6.02. The normalized spacial score (nSPS) is 25.2. The van der Waals surface area contributed by atoms with E-state index < -0.39 is 0 Å². The van der Waals surface area contributed by atoms with Crippen molar-refractivity contribution in [3.8, 4) is 0 Å². The fraction of sp³-hybridized carbons (Fsp3) is 0.733. The first-order valence-corrected chi connectivity index (χ1v) is 7.09. The van der Waals surface area contributed by atoms with Crippen LogP contribution in [0.1, 0.15) is 45.6 Å². The van der Waals surface area contributed by atoms with Crippen molar-refractivity contribution in [1.29, 1.82) is 0 Å². The highest BCUT2D eigenvalue weighted by molar-refractivity contribution is 5.07. The van der Waals surface area contributed by atoms with Crippen LogP contribution in [-0.2, 0) is 13.1 Å². The van der Waals surface area contributed by atoms with Crippen LogP contribution in [0.3, 0.4) is 0 Å². The van der Waals surface area contributed by atoms with E-state index in [0.29, 0.717) is 12.1 Å². The van der Waals surface area contributed by atoms with E-state index in [9.17, 15) is 0 Å². The SMILES string of the molecule is CC1CC(C)N(Cc2ccc(CNC(C)C)o2)C1. The van der Waals surface area contributed by atoms with Crippen molar-refractivity contribution < 1.29 is 4.42 Å². The molecular weight excluding hydrogens is 224 g/mol.